The van der Waals surface area contributed by atoms with E-state index in [-0.39, 0.29) is 42.7 Å². The Balaban J connectivity index is 1.91. The van der Waals surface area contributed by atoms with Crippen molar-refractivity contribution in [2.24, 2.45) is 11.8 Å². The molecule has 0 bridgehead atoms. The number of hydrogen-bond donors (Lipinski definition) is 3. The molecule has 0 unspecified atom stereocenters. The molecule has 1 aromatic carbocycles. The molecule has 220 valence electrons. The minimum absolute atomic E-state index is 0.0195. The van der Waals surface area contributed by atoms with Crippen LogP contribution in [0.2, 0.25) is 0 Å². The zero-order chi connectivity index (χ0) is 28.5. The van der Waals surface area contributed by atoms with E-state index in [1.165, 1.54) is 12.8 Å². The number of aliphatic hydroxyl groups excluding tert-OH is 1. The monoisotopic (exact) mass is 546 g/mol. The van der Waals surface area contributed by atoms with Crippen molar-refractivity contribution >= 4 is 17.6 Å². The Morgan fingerprint density at radius 1 is 1.15 bits per heavy atom. The smallest absolute Gasteiger partial charge is 0.319 e. The van der Waals surface area contributed by atoms with Crippen LogP contribution < -0.4 is 15.4 Å². The van der Waals surface area contributed by atoms with Gasteiger partial charge in [-0.1, -0.05) is 6.92 Å². The Labute approximate surface area is 234 Å². The third-order valence-corrected chi connectivity index (χ3v) is 7.49. The first-order chi connectivity index (χ1) is 18.6. The van der Waals surface area contributed by atoms with Gasteiger partial charge in [-0.15, -0.1) is 0 Å². The molecule has 0 aromatic heterocycles. The number of amides is 3. The lowest BCUT2D eigenvalue weighted by Crippen LogP contribution is -2.47. The molecule has 3 N–H and O–H groups in total. The van der Waals surface area contributed by atoms with Gasteiger partial charge in [0.2, 0.25) is 0 Å². The number of urea groups is 1. The number of benzene rings is 1. The molecular weight excluding hydrogens is 496 g/mol. The molecule has 0 saturated heterocycles. The number of likely N-dealkylation sites (N-methyl/N-ethyl adjacent to an activating group) is 1. The standard InChI is InChI=1S/C30H50N4O5/c1-20(2)31-30(37)32-25-12-13-27-26(15-25)29(36)34(22(4)19-35)16-21(3)28(18-33(6)17-24-10-11-24)38-14-8-7-9-23(5)39-27/h12-13,15,20-24,28,35H,7-11,14,16-19H2,1-6H3,(H2,31,32,37)/t21-,22-,23-,28+/m0/s1. The predicted octanol–water partition coefficient (Wildman–Crippen LogP) is 4.35. The lowest BCUT2D eigenvalue weighted by Gasteiger charge is -2.36. The summed E-state index contributed by atoms with van der Waals surface area (Å²) in [7, 11) is 2.15. The third kappa shape index (κ3) is 9.96. The van der Waals surface area contributed by atoms with Gasteiger partial charge >= 0.3 is 6.03 Å². The number of nitrogens with zero attached hydrogens (tertiary/aromatic N) is 2. The number of aliphatic hydroxyl groups is 1. The average molecular weight is 547 g/mol. The maximum absolute atomic E-state index is 14.1. The van der Waals surface area contributed by atoms with Crippen molar-refractivity contribution in [2.75, 3.05) is 45.2 Å². The Morgan fingerprint density at radius 2 is 1.90 bits per heavy atom. The first kappa shape index (κ1) is 31.2. The summed E-state index contributed by atoms with van der Waals surface area (Å²) >= 11 is 0. The van der Waals surface area contributed by atoms with E-state index in [9.17, 15) is 14.7 Å². The minimum Gasteiger partial charge on any atom is -0.490 e. The molecule has 4 atom stereocenters. The van der Waals surface area contributed by atoms with Gasteiger partial charge in [-0.25, -0.2) is 4.79 Å². The van der Waals surface area contributed by atoms with Gasteiger partial charge in [-0.2, -0.15) is 0 Å². The van der Waals surface area contributed by atoms with Crippen molar-refractivity contribution in [3.8, 4) is 5.75 Å². The van der Waals surface area contributed by atoms with Crippen LogP contribution in [0.1, 0.15) is 77.1 Å². The van der Waals surface area contributed by atoms with E-state index in [0.29, 0.717) is 30.2 Å². The number of carbonyl (C=O) groups is 2. The van der Waals surface area contributed by atoms with E-state index in [1.807, 2.05) is 27.7 Å². The first-order valence-electron chi connectivity index (χ1n) is 14.7. The van der Waals surface area contributed by atoms with Crippen LogP contribution in [0.15, 0.2) is 18.2 Å². The van der Waals surface area contributed by atoms with E-state index in [0.717, 1.165) is 38.3 Å². The molecule has 2 aliphatic rings. The second kappa shape index (κ2) is 14.9. The zero-order valence-electron chi connectivity index (χ0n) is 24.7. The number of nitrogens with one attached hydrogen (secondary N) is 2. The molecule has 39 heavy (non-hydrogen) atoms. The van der Waals surface area contributed by atoms with Crippen LogP contribution in [0.3, 0.4) is 0 Å². The second-order valence-corrected chi connectivity index (χ2v) is 11.9. The molecule has 1 aromatic rings. The van der Waals surface area contributed by atoms with Gasteiger partial charge in [0.05, 0.1) is 30.4 Å². The topological polar surface area (TPSA) is 103 Å². The summed E-state index contributed by atoms with van der Waals surface area (Å²) in [5.74, 6) is 1.09. The highest BCUT2D eigenvalue weighted by molar-refractivity contribution is 5.99. The fraction of sp³-hybridized carbons (Fsp3) is 0.733. The van der Waals surface area contributed by atoms with E-state index in [1.54, 1.807) is 23.1 Å². The van der Waals surface area contributed by atoms with E-state index < -0.39 is 6.04 Å². The molecule has 1 fully saturated rings. The van der Waals surface area contributed by atoms with Crippen LogP contribution in [0.25, 0.3) is 0 Å². The summed E-state index contributed by atoms with van der Waals surface area (Å²) in [5.41, 5.74) is 0.877. The number of anilines is 1. The molecule has 9 nitrogen and oxygen atoms in total. The Hall–Kier alpha value is -2.36. The van der Waals surface area contributed by atoms with Crippen molar-refractivity contribution in [3.63, 3.8) is 0 Å². The number of hydrogen-bond acceptors (Lipinski definition) is 6. The molecule has 9 heteroatoms. The highest BCUT2D eigenvalue weighted by atomic mass is 16.5. The molecule has 1 aliphatic carbocycles. The van der Waals surface area contributed by atoms with E-state index >= 15 is 0 Å². The Bertz CT molecular complexity index is 938. The lowest BCUT2D eigenvalue weighted by molar-refractivity contribution is -0.0172. The molecule has 1 heterocycles. The molecule has 0 radical (unpaired) electrons. The van der Waals surface area contributed by atoms with E-state index in [2.05, 4.69) is 29.5 Å². The Morgan fingerprint density at radius 3 is 2.56 bits per heavy atom. The van der Waals surface area contributed by atoms with Crippen molar-refractivity contribution in [1.82, 2.24) is 15.1 Å². The number of ether oxygens (including phenoxy) is 2. The molecule has 3 amide bonds. The highest BCUT2D eigenvalue weighted by Gasteiger charge is 2.31. The zero-order valence-corrected chi connectivity index (χ0v) is 24.7. The largest absolute Gasteiger partial charge is 0.490 e. The van der Waals surface area contributed by atoms with Crippen LogP contribution in [0.4, 0.5) is 10.5 Å². The summed E-state index contributed by atoms with van der Waals surface area (Å²) in [4.78, 5) is 30.5. The highest BCUT2D eigenvalue weighted by Crippen LogP contribution is 2.30. The van der Waals surface area contributed by atoms with Gasteiger partial charge in [0, 0.05) is 43.9 Å². The van der Waals surface area contributed by atoms with Crippen molar-refractivity contribution < 1.29 is 24.2 Å². The van der Waals surface area contributed by atoms with Crippen molar-refractivity contribution in [1.29, 1.82) is 0 Å². The van der Waals surface area contributed by atoms with Gasteiger partial charge in [0.1, 0.15) is 5.75 Å². The van der Waals surface area contributed by atoms with Crippen LogP contribution in [0, 0.1) is 11.8 Å². The normalized spacial score (nSPS) is 24.1. The van der Waals surface area contributed by atoms with Crippen LogP contribution in [0.5, 0.6) is 5.75 Å². The van der Waals surface area contributed by atoms with Gasteiger partial charge < -0.3 is 35.0 Å². The van der Waals surface area contributed by atoms with Gasteiger partial charge in [-0.05, 0) is 91.0 Å². The third-order valence-electron chi connectivity index (χ3n) is 7.49. The number of carbonyl (C=O) groups excluding carboxylic acids is 2. The maximum atomic E-state index is 14.1. The summed E-state index contributed by atoms with van der Waals surface area (Å²) in [6.45, 7) is 12.6. The lowest BCUT2D eigenvalue weighted by atomic mass is 10.0. The Kier molecular flexibility index (Phi) is 11.9. The number of fused-ring (bicyclic) bond motifs is 1. The molecular formula is C30H50N4O5. The maximum Gasteiger partial charge on any atom is 0.319 e. The first-order valence-corrected chi connectivity index (χ1v) is 14.7. The molecule has 0 spiro atoms. The van der Waals surface area contributed by atoms with Crippen LogP contribution in [-0.4, -0.2) is 91.0 Å². The second-order valence-electron chi connectivity index (χ2n) is 11.9. The van der Waals surface area contributed by atoms with Gasteiger partial charge in [0.25, 0.3) is 5.91 Å². The SMILES string of the molecule is CC(C)NC(=O)Nc1ccc2c(c1)C(=O)N([C@@H](C)CO)C[C@H](C)[C@@H](CN(C)CC1CC1)OCCCC[C@H](C)O2. The minimum atomic E-state index is -0.399. The van der Waals surface area contributed by atoms with Crippen molar-refractivity contribution in [2.45, 2.75) is 91.0 Å². The number of rotatable bonds is 8. The summed E-state index contributed by atoms with van der Waals surface area (Å²) in [5, 5.41) is 15.7. The summed E-state index contributed by atoms with van der Waals surface area (Å²) < 4.78 is 12.7. The molecule has 1 saturated carbocycles. The molecule has 1 aliphatic heterocycles. The summed E-state index contributed by atoms with van der Waals surface area (Å²) in [6.07, 6.45) is 5.23. The fourth-order valence-corrected chi connectivity index (χ4v) is 5.02. The van der Waals surface area contributed by atoms with Crippen LogP contribution in [-0.2, 0) is 4.74 Å². The predicted molar refractivity (Wildman–Crippen MR) is 154 cm³/mol. The molecule has 3 rings (SSSR count). The van der Waals surface area contributed by atoms with Gasteiger partial charge in [-0.3, -0.25) is 4.79 Å². The fourth-order valence-electron chi connectivity index (χ4n) is 5.02. The van der Waals surface area contributed by atoms with E-state index in [4.69, 9.17) is 9.47 Å². The van der Waals surface area contributed by atoms with Crippen molar-refractivity contribution in [3.05, 3.63) is 23.8 Å². The summed E-state index contributed by atoms with van der Waals surface area (Å²) in [6, 6.07) is 4.43. The quantitative estimate of drug-likeness (QED) is 0.448. The van der Waals surface area contributed by atoms with Gasteiger partial charge in [0.15, 0.2) is 0 Å². The van der Waals surface area contributed by atoms with Crippen LogP contribution >= 0.6 is 0 Å². The average Bonchev–Trinajstić information content (AvgIpc) is 3.69.